The molecule has 0 spiro atoms. The summed E-state index contributed by atoms with van der Waals surface area (Å²) in [5.41, 5.74) is 4.08. The number of aromatic nitrogens is 1. The van der Waals surface area contributed by atoms with Crippen LogP contribution < -0.4 is 14.8 Å². The summed E-state index contributed by atoms with van der Waals surface area (Å²) in [6.45, 7) is 4.71. The van der Waals surface area contributed by atoms with Gasteiger partial charge >= 0.3 is 0 Å². The van der Waals surface area contributed by atoms with E-state index >= 15 is 0 Å². The Morgan fingerprint density at radius 2 is 1.76 bits per heavy atom. The molecule has 1 aromatic heterocycles. The lowest BCUT2D eigenvalue weighted by Crippen LogP contribution is -2.01. The van der Waals surface area contributed by atoms with Gasteiger partial charge in [-0.25, -0.2) is 4.98 Å². The molecule has 0 aliphatic rings. The molecule has 0 saturated carbocycles. The Kier molecular flexibility index (Phi) is 5.77. The van der Waals surface area contributed by atoms with Crippen molar-refractivity contribution < 1.29 is 9.47 Å². The second kappa shape index (κ2) is 8.80. The Bertz CT molecular complexity index is 1100. The van der Waals surface area contributed by atoms with Crippen LogP contribution in [0, 0.1) is 0 Å². The van der Waals surface area contributed by atoms with E-state index in [1.54, 1.807) is 18.4 Å². The lowest BCUT2D eigenvalue weighted by Gasteiger charge is -2.09. The van der Waals surface area contributed by atoms with Crippen molar-refractivity contribution in [1.29, 1.82) is 0 Å². The predicted octanol–water partition coefficient (Wildman–Crippen LogP) is 6.05. The molecule has 0 radical (unpaired) electrons. The third-order valence-corrected chi connectivity index (χ3v) is 5.41. The van der Waals surface area contributed by atoms with Crippen LogP contribution in [0.3, 0.4) is 0 Å². The number of thiazole rings is 1. The molecule has 0 unspecified atom stereocenters. The highest BCUT2D eigenvalue weighted by Crippen LogP contribution is 2.32. The fourth-order valence-electron chi connectivity index (χ4n) is 3.03. The number of benzene rings is 3. The second-order valence-corrected chi connectivity index (χ2v) is 7.68. The number of hydrogen-bond acceptors (Lipinski definition) is 5. The van der Waals surface area contributed by atoms with Crippen molar-refractivity contribution in [2.45, 2.75) is 13.0 Å². The van der Waals surface area contributed by atoms with E-state index in [-0.39, 0.29) is 0 Å². The fourth-order valence-corrected chi connectivity index (χ4v) is 3.96. The first-order valence-corrected chi connectivity index (χ1v) is 10.2. The molecule has 0 aliphatic heterocycles. The number of nitrogens with one attached hydrogen (secondary N) is 1. The minimum atomic E-state index is 0.565. The zero-order valence-corrected chi connectivity index (χ0v) is 17.0. The largest absolute Gasteiger partial charge is 0.494 e. The van der Waals surface area contributed by atoms with E-state index in [1.807, 2.05) is 48.5 Å². The van der Waals surface area contributed by atoms with Gasteiger partial charge in [-0.1, -0.05) is 66.4 Å². The standard InChI is InChI=1S/C24H22N2O2S/c1-17(25-24-26-23-21(27-2)9-6-10-22(23)29-24)15-18-11-13-20(14-12-18)28-16-19-7-4-3-5-8-19/h3-14H,1,15-16H2,2H3,(H,25,26). The van der Waals surface area contributed by atoms with Gasteiger partial charge in [0.1, 0.15) is 23.6 Å². The van der Waals surface area contributed by atoms with Crippen LogP contribution in [-0.2, 0) is 13.0 Å². The zero-order chi connectivity index (χ0) is 20.1. The number of nitrogens with zero attached hydrogens (tertiary/aromatic N) is 1. The van der Waals surface area contributed by atoms with Crippen molar-refractivity contribution in [1.82, 2.24) is 4.98 Å². The topological polar surface area (TPSA) is 43.4 Å². The van der Waals surface area contributed by atoms with Gasteiger partial charge in [0, 0.05) is 12.1 Å². The van der Waals surface area contributed by atoms with Gasteiger partial charge in [-0.3, -0.25) is 0 Å². The summed E-state index contributed by atoms with van der Waals surface area (Å²) in [6.07, 6.45) is 0.714. The maximum Gasteiger partial charge on any atom is 0.188 e. The SMILES string of the molecule is C=C(Cc1ccc(OCc2ccccc2)cc1)Nc1nc2c(OC)cccc2s1. The molecular formula is C24H22N2O2S. The average molecular weight is 403 g/mol. The molecule has 0 bridgehead atoms. The van der Waals surface area contributed by atoms with Gasteiger partial charge in [-0.05, 0) is 35.4 Å². The molecular weight excluding hydrogens is 380 g/mol. The molecule has 1 N–H and O–H groups in total. The first kappa shape index (κ1) is 19.0. The molecule has 0 amide bonds. The quantitative estimate of drug-likeness (QED) is 0.389. The summed E-state index contributed by atoms with van der Waals surface area (Å²) < 4.78 is 12.3. The van der Waals surface area contributed by atoms with Gasteiger partial charge < -0.3 is 14.8 Å². The number of ether oxygens (including phenoxy) is 2. The fraction of sp³-hybridized carbons (Fsp3) is 0.125. The van der Waals surface area contributed by atoms with Crippen LogP contribution in [-0.4, -0.2) is 12.1 Å². The van der Waals surface area contributed by atoms with Gasteiger partial charge in [-0.2, -0.15) is 0 Å². The molecule has 3 aromatic carbocycles. The molecule has 0 fully saturated rings. The Balaban J connectivity index is 1.35. The van der Waals surface area contributed by atoms with E-state index < -0.39 is 0 Å². The van der Waals surface area contributed by atoms with Crippen molar-refractivity contribution in [3.63, 3.8) is 0 Å². The lowest BCUT2D eigenvalue weighted by atomic mass is 10.1. The van der Waals surface area contributed by atoms with Crippen LogP contribution in [0.1, 0.15) is 11.1 Å². The highest BCUT2D eigenvalue weighted by atomic mass is 32.1. The number of hydrogen-bond donors (Lipinski definition) is 1. The molecule has 1 heterocycles. The molecule has 4 aromatic rings. The third-order valence-electron chi connectivity index (χ3n) is 4.47. The van der Waals surface area contributed by atoms with E-state index in [0.29, 0.717) is 13.0 Å². The molecule has 4 rings (SSSR count). The highest BCUT2D eigenvalue weighted by Gasteiger charge is 2.09. The van der Waals surface area contributed by atoms with E-state index in [2.05, 4.69) is 41.1 Å². The van der Waals surface area contributed by atoms with Crippen LogP contribution in [0.5, 0.6) is 11.5 Å². The molecule has 146 valence electrons. The number of allylic oxidation sites excluding steroid dienone is 1. The summed E-state index contributed by atoms with van der Waals surface area (Å²) in [6, 6.07) is 24.2. The number of methoxy groups -OCH3 is 1. The summed E-state index contributed by atoms with van der Waals surface area (Å²) >= 11 is 1.59. The van der Waals surface area contributed by atoms with Crippen LogP contribution in [0.25, 0.3) is 10.2 Å². The van der Waals surface area contributed by atoms with Crippen molar-refractivity contribution in [3.8, 4) is 11.5 Å². The summed E-state index contributed by atoms with van der Waals surface area (Å²) in [5.74, 6) is 1.64. The number of para-hydroxylation sites is 1. The molecule has 0 atom stereocenters. The van der Waals surface area contributed by atoms with Crippen molar-refractivity contribution in [2.75, 3.05) is 12.4 Å². The third kappa shape index (κ3) is 4.76. The molecule has 5 heteroatoms. The molecule has 0 aliphatic carbocycles. The first-order valence-electron chi connectivity index (χ1n) is 9.35. The van der Waals surface area contributed by atoms with Gasteiger partial charge in [0.15, 0.2) is 5.13 Å². The van der Waals surface area contributed by atoms with Gasteiger partial charge in [0.25, 0.3) is 0 Å². The van der Waals surface area contributed by atoms with E-state index in [1.165, 1.54) is 0 Å². The van der Waals surface area contributed by atoms with E-state index in [4.69, 9.17) is 9.47 Å². The van der Waals surface area contributed by atoms with Crippen molar-refractivity contribution in [2.24, 2.45) is 0 Å². The van der Waals surface area contributed by atoms with Gasteiger partial charge in [0.05, 0.1) is 11.8 Å². The molecule has 0 saturated heterocycles. The lowest BCUT2D eigenvalue weighted by molar-refractivity contribution is 0.306. The minimum absolute atomic E-state index is 0.565. The van der Waals surface area contributed by atoms with Gasteiger partial charge in [-0.15, -0.1) is 0 Å². The maximum absolute atomic E-state index is 5.84. The van der Waals surface area contributed by atoms with Crippen molar-refractivity contribution in [3.05, 3.63) is 96.2 Å². The minimum Gasteiger partial charge on any atom is -0.494 e. The maximum atomic E-state index is 5.84. The predicted molar refractivity (Wildman–Crippen MR) is 120 cm³/mol. The number of fused-ring (bicyclic) bond motifs is 1. The number of rotatable bonds is 8. The Labute approximate surface area is 174 Å². The van der Waals surface area contributed by atoms with Crippen LogP contribution >= 0.6 is 11.3 Å². The Hall–Kier alpha value is -3.31. The smallest absolute Gasteiger partial charge is 0.188 e. The Morgan fingerprint density at radius 1 is 0.966 bits per heavy atom. The van der Waals surface area contributed by atoms with E-state index in [0.717, 1.165) is 43.7 Å². The first-order chi connectivity index (χ1) is 14.2. The van der Waals surface area contributed by atoms with Crippen LogP contribution in [0.2, 0.25) is 0 Å². The summed E-state index contributed by atoms with van der Waals surface area (Å²) in [7, 11) is 1.66. The Morgan fingerprint density at radius 3 is 2.52 bits per heavy atom. The number of anilines is 1. The van der Waals surface area contributed by atoms with Crippen LogP contribution in [0.4, 0.5) is 5.13 Å². The monoisotopic (exact) mass is 402 g/mol. The normalized spacial score (nSPS) is 10.7. The van der Waals surface area contributed by atoms with Crippen molar-refractivity contribution >= 4 is 26.7 Å². The zero-order valence-electron chi connectivity index (χ0n) is 16.2. The molecule has 29 heavy (non-hydrogen) atoms. The summed E-state index contributed by atoms with van der Waals surface area (Å²) in [4.78, 5) is 4.63. The highest BCUT2D eigenvalue weighted by molar-refractivity contribution is 7.22. The second-order valence-electron chi connectivity index (χ2n) is 6.65. The summed E-state index contributed by atoms with van der Waals surface area (Å²) in [5, 5.41) is 4.14. The van der Waals surface area contributed by atoms with E-state index in [9.17, 15) is 0 Å². The molecule has 4 nitrogen and oxygen atoms in total. The average Bonchev–Trinajstić information content (AvgIpc) is 3.16. The van der Waals surface area contributed by atoms with Crippen LogP contribution in [0.15, 0.2) is 85.1 Å². The van der Waals surface area contributed by atoms with Gasteiger partial charge in [0.2, 0.25) is 0 Å².